The van der Waals surface area contributed by atoms with Crippen molar-refractivity contribution < 1.29 is 4.79 Å². The molecular formula is C15H11N5O. The SMILES string of the molecule is Cc1cc(C(=O)Nc2cccc(C#N)c2)nc2ccnn12. The predicted octanol–water partition coefficient (Wildman–Crippen LogP) is 2.16. The van der Waals surface area contributed by atoms with Gasteiger partial charge in [0, 0.05) is 17.4 Å². The molecular weight excluding hydrogens is 266 g/mol. The number of rotatable bonds is 2. The zero-order chi connectivity index (χ0) is 14.8. The summed E-state index contributed by atoms with van der Waals surface area (Å²) in [7, 11) is 0. The molecule has 1 N–H and O–H groups in total. The van der Waals surface area contributed by atoms with E-state index in [1.165, 1.54) is 0 Å². The highest BCUT2D eigenvalue weighted by Crippen LogP contribution is 2.12. The first kappa shape index (κ1) is 12.8. The zero-order valence-corrected chi connectivity index (χ0v) is 11.2. The molecule has 2 heterocycles. The van der Waals surface area contributed by atoms with Gasteiger partial charge in [0.25, 0.3) is 5.91 Å². The van der Waals surface area contributed by atoms with Crippen molar-refractivity contribution in [2.45, 2.75) is 6.92 Å². The average Bonchev–Trinajstić information content (AvgIpc) is 2.96. The summed E-state index contributed by atoms with van der Waals surface area (Å²) in [6.07, 6.45) is 1.63. The Labute approximate surface area is 120 Å². The van der Waals surface area contributed by atoms with Crippen LogP contribution in [0, 0.1) is 18.3 Å². The van der Waals surface area contributed by atoms with Crippen LogP contribution in [0.3, 0.4) is 0 Å². The summed E-state index contributed by atoms with van der Waals surface area (Å²) < 4.78 is 1.66. The molecule has 0 fully saturated rings. The molecule has 21 heavy (non-hydrogen) atoms. The molecule has 0 saturated heterocycles. The van der Waals surface area contributed by atoms with Crippen LogP contribution in [0.25, 0.3) is 5.65 Å². The van der Waals surface area contributed by atoms with Gasteiger partial charge >= 0.3 is 0 Å². The highest BCUT2D eigenvalue weighted by Gasteiger charge is 2.11. The Balaban J connectivity index is 1.91. The Morgan fingerprint density at radius 2 is 2.19 bits per heavy atom. The largest absolute Gasteiger partial charge is 0.321 e. The maximum atomic E-state index is 12.2. The van der Waals surface area contributed by atoms with Crippen LogP contribution in [0.15, 0.2) is 42.6 Å². The van der Waals surface area contributed by atoms with Crippen molar-refractivity contribution in [3.05, 3.63) is 59.5 Å². The van der Waals surface area contributed by atoms with Gasteiger partial charge in [0.15, 0.2) is 5.65 Å². The second kappa shape index (κ2) is 5.06. The van der Waals surface area contributed by atoms with E-state index in [9.17, 15) is 4.79 Å². The molecule has 0 radical (unpaired) electrons. The smallest absolute Gasteiger partial charge is 0.274 e. The van der Waals surface area contributed by atoms with E-state index in [0.717, 1.165) is 5.69 Å². The van der Waals surface area contributed by atoms with E-state index in [4.69, 9.17) is 5.26 Å². The molecule has 2 aromatic heterocycles. The number of hydrogen-bond donors (Lipinski definition) is 1. The van der Waals surface area contributed by atoms with Crippen molar-refractivity contribution in [2.24, 2.45) is 0 Å². The third kappa shape index (κ3) is 2.44. The number of hydrogen-bond acceptors (Lipinski definition) is 4. The van der Waals surface area contributed by atoms with E-state index in [1.54, 1.807) is 47.1 Å². The van der Waals surface area contributed by atoms with Crippen molar-refractivity contribution in [2.75, 3.05) is 5.32 Å². The lowest BCUT2D eigenvalue weighted by atomic mass is 10.2. The van der Waals surface area contributed by atoms with E-state index < -0.39 is 0 Å². The monoisotopic (exact) mass is 277 g/mol. The van der Waals surface area contributed by atoms with Crippen molar-refractivity contribution in [3.63, 3.8) is 0 Å². The number of amides is 1. The summed E-state index contributed by atoms with van der Waals surface area (Å²) >= 11 is 0. The molecule has 6 nitrogen and oxygen atoms in total. The zero-order valence-electron chi connectivity index (χ0n) is 11.2. The van der Waals surface area contributed by atoms with E-state index >= 15 is 0 Å². The van der Waals surface area contributed by atoms with Crippen LogP contribution in [-0.4, -0.2) is 20.5 Å². The van der Waals surface area contributed by atoms with Gasteiger partial charge < -0.3 is 5.32 Å². The number of benzene rings is 1. The fraction of sp³-hybridized carbons (Fsp3) is 0.0667. The number of aryl methyl sites for hydroxylation is 1. The topological polar surface area (TPSA) is 83.1 Å². The first-order valence-electron chi connectivity index (χ1n) is 6.30. The summed E-state index contributed by atoms with van der Waals surface area (Å²) in [4.78, 5) is 16.5. The van der Waals surface area contributed by atoms with Crippen LogP contribution in [-0.2, 0) is 0 Å². The number of aromatic nitrogens is 3. The number of nitriles is 1. The standard InChI is InChI=1S/C15H11N5O/c1-10-7-13(19-14-5-6-17-20(10)14)15(21)18-12-4-2-3-11(8-12)9-16/h2-8H,1H3,(H,18,21). The average molecular weight is 277 g/mol. The number of carbonyl (C=O) groups is 1. The minimum atomic E-state index is -0.322. The van der Waals surface area contributed by atoms with Gasteiger partial charge in [-0.2, -0.15) is 10.4 Å². The quantitative estimate of drug-likeness (QED) is 0.778. The minimum absolute atomic E-state index is 0.308. The molecule has 6 heteroatoms. The third-order valence-electron chi connectivity index (χ3n) is 3.02. The van der Waals surface area contributed by atoms with Crippen LogP contribution in [0.1, 0.15) is 21.7 Å². The molecule has 0 unspecified atom stereocenters. The van der Waals surface area contributed by atoms with Crippen LogP contribution < -0.4 is 5.32 Å². The molecule has 0 bridgehead atoms. The van der Waals surface area contributed by atoms with Crippen molar-refractivity contribution in [3.8, 4) is 6.07 Å². The Hall–Kier alpha value is -3.20. The lowest BCUT2D eigenvalue weighted by Gasteiger charge is -2.06. The minimum Gasteiger partial charge on any atom is -0.321 e. The number of nitrogens with zero attached hydrogens (tertiary/aromatic N) is 4. The van der Waals surface area contributed by atoms with Gasteiger partial charge in [-0.05, 0) is 31.2 Å². The Kier molecular flexibility index (Phi) is 3.09. The first-order valence-corrected chi connectivity index (χ1v) is 6.30. The van der Waals surface area contributed by atoms with Gasteiger partial charge in [-0.3, -0.25) is 4.79 Å². The predicted molar refractivity (Wildman–Crippen MR) is 76.8 cm³/mol. The normalized spacial score (nSPS) is 10.3. The molecule has 0 aliphatic heterocycles. The van der Waals surface area contributed by atoms with Crippen LogP contribution in [0.5, 0.6) is 0 Å². The van der Waals surface area contributed by atoms with Crippen LogP contribution >= 0.6 is 0 Å². The molecule has 102 valence electrons. The van der Waals surface area contributed by atoms with Gasteiger partial charge in [0.1, 0.15) is 5.69 Å². The summed E-state index contributed by atoms with van der Waals surface area (Å²) in [5.41, 5.74) is 2.80. The second-order valence-electron chi connectivity index (χ2n) is 4.53. The number of carbonyl (C=O) groups excluding carboxylic acids is 1. The van der Waals surface area contributed by atoms with Crippen LogP contribution in [0.2, 0.25) is 0 Å². The lowest BCUT2D eigenvalue weighted by molar-refractivity contribution is 0.102. The van der Waals surface area contributed by atoms with E-state index in [-0.39, 0.29) is 5.91 Å². The van der Waals surface area contributed by atoms with Crippen molar-refractivity contribution in [1.82, 2.24) is 14.6 Å². The summed E-state index contributed by atoms with van der Waals surface area (Å²) in [5.74, 6) is -0.322. The van der Waals surface area contributed by atoms with Gasteiger partial charge in [0.05, 0.1) is 17.8 Å². The van der Waals surface area contributed by atoms with Gasteiger partial charge in [-0.25, -0.2) is 9.50 Å². The number of anilines is 1. The maximum absolute atomic E-state index is 12.2. The Bertz CT molecular complexity index is 875. The Morgan fingerprint density at radius 1 is 1.33 bits per heavy atom. The molecule has 3 rings (SSSR count). The molecule has 0 saturated carbocycles. The number of nitrogens with one attached hydrogen (secondary N) is 1. The molecule has 1 amide bonds. The molecule has 3 aromatic rings. The molecule has 0 atom stereocenters. The molecule has 0 spiro atoms. The fourth-order valence-electron chi connectivity index (χ4n) is 2.05. The summed E-state index contributed by atoms with van der Waals surface area (Å²) in [5, 5.41) is 15.7. The Morgan fingerprint density at radius 3 is 3.00 bits per heavy atom. The summed E-state index contributed by atoms with van der Waals surface area (Å²) in [6.45, 7) is 1.86. The molecule has 0 aliphatic carbocycles. The fourth-order valence-corrected chi connectivity index (χ4v) is 2.05. The van der Waals surface area contributed by atoms with Gasteiger partial charge in [-0.15, -0.1) is 0 Å². The van der Waals surface area contributed by atoms with Gasteiger partial charge in [0.2, 0.25) is 0 Å². The van der Waals surface area contributed by atoms with E-state index in [0.29, 0.717) is 22.6 Å². The summed E-state index contributed by atoms with van der Waals surface area (Å²) in [6, 6.07) is 12.2. The maximum Gasteiger partial charge on any atom is 0.274 e. The third-order valence-corrected chi connectivity index (χ3v) is 3.02. The van der Waals surface area contributed by atoms with Gasteiger partial charge in [-0.1, -0.05) is 6.07 Å². The lowest BCUT2D eigenvalue weighted by Crippen LogP contribution is -2.15. The van der Waals surface area contributed by atoms with E-state index in [2.05, 4.69) is 15.4 Å². The highest BCUT2D eigenvalue weighted by atomic mass is 16.1. The second-order valence-corrected chi connectivity index (χ2v) is 4.53. The molecule has 1 aromatic carbocycles. The van der Waals surface area contributed by atoms with Crippen LogP contribution in [0.4, 0.5) is 5.69 Å². The first-order chi connectivity index (χ1) is 10.2. The molecule has 0 aliphatic rings. The van der Waals surface area contributed by atoms with Crippen molar-refractivity contribution in [1.29, 1.82) is 5.26 Å². The highest BCUT2D eigenvalue weighted by molar-refractivity contribution is 6.03. The van der Waals surface area contributed by atoms with E-state index in [1.807, 2.05) is 13.0 Å². The van der Waals surface area contributed by atoms with Crippen molar-refractivity contribution >= 4 is 17.2 Å². The number of fused-ring (bicyclic) bond motifs is 1.